The fourth-order valence-electron chi connectivity index (χ4n) is 3.27. The number of rotatable bonds is 5. The van der Waals surface area contributed by atoms with Crippen LogP contribution in [-0.4, -0.2) is 106 Å². The van der Waals surface area contributed by atoms with Crippen LogP contribution in [0.15, 0.2) is 0 Å². The van der Waals surface area contributed by atoms with Crippen LogP contribution in [0.4, 0.5) is 0 Å². The number of nitrogens with one attached hydrogen (secondary N) is 1. The van der Waals surface area contributed by atoms with Crippen LogP contribution in [0.3, 0.4) is 0 Å². The molecule has 0 radical (unpaired) electrons. The molecule has 11 nitrogen and oxygen atoms in total. The van der Waals surface area contributed by atoms with Crippen molar-refractivity contribution in [3.63, 3.8) is 0 Å². The number of carbonyl (C=O) groups is 1. The van der Waals surface area contributed by atoms with E-state index in [1.54, 1.807) is 6.92 Å². The molecule has 2 saturated heterocycles. The molecule has 2 heterocycles. The van der Waals surface area contributed by atoms with Crippen molar-refractivity contribution in [2.75, 3.05) is 13.2 Å². The summed E-state index contributed by atoms with van der Waals surface area (Å²) in [7, 11) is 0. The second-order valence-corrected chi connectivity index (χ2v) is 6.66. The summed E-state index contributed by atoms with van der Waals surface area (Å²) in [5.74, 6) is -0.379. The van der Waals surface area contributed by atoms with Crippen molar-refractivity contribution in [1.82, 2.24) is 5.32 Å². The number of amides is 1. The molecule has 0 aliphatic carbocycles. The Hall–Kier alpha value is -0.890. The molecule has 8 N–H and O–H groups in total. The van der Waals surface area contributed by atoms with Gasteiger partial charge in [-0.3, -0.25) is 4.79 Å². The van der Waals surface area contributed by atoms with Crippen molar-refractivity contribution in [2.45, 2.75) is 74.9 Å². The zero-order chi connectivity index (χ0) is 19.6. The summed E-state index contributed by atoms with van der Waals surface area (Å²) < 4.78 is 16.6. The highest BCUT2D eigenvalue weighted by molar-refractivity contribution is 5.73. The summed E-state index contributed by atoms with van der Waals surface area (Å²) in [6.45, 7) is 1.86. The summed E-state index contributed by atoms with van der Waals surface area (Å²) in [4.78, 5) is 11.4. The van der Waals surface area contributed by atoms with E-state index in [-0.39, 0.29) is 5.91 Å². The largest absolute Gasteiger partial charge is 0.394 e. The molecule has 11 heteroatoms. The smallest absolute Gasteiger partial charge is 0.217 e. The number of hydrogen-bond donors (Lipinski definition) is 7. The highest BCUT2D eigenvalue weighted by Crippen LogP contribution is 2.28. The van der Waals surface area contributed by atoms with Crippen molar-refractivity contribution in [1.29, 1.82) is 0 Å². The van der Waals surface area contributed by atoms with Crippen molar-refractivity contribution in [2.24, 2.45) is 5.73 Å². The Morgan fingerprint density at radius 3 is 2.23 bits per heavy atom. The predicted molar refractivity (Wildman–Crippen MR) is 85.6 cm³/mol. The number of aliphatic hydroxyl groups is 5. The molecular formula is C15H28N2O9. The van der Waals surface area contributed by atoms with E-state index in [1.165, 1.54) is 6.92 Å². The average Bonchev–Trinajstić information content (AvgIpc) is 2.60. The number of ether oxygens (including phenoxy) is 3. The van der Waals surface area contributed by atoms with Crippen LogP contribution in [0.5, 0.6) is 0 Å². The van der Waals surface area contributed by atoms with Gasteiger partial charge in [0, 0.05) is 6.92 Å². The van der Waals surface area contributed by atoms with E-state index in [0.717, 1.165) is 0 Å². The molecule has 0 aromatic carbocycles. The fourth-order valence-corrected chi connectivity index (χ4v) is 3.27. The normalized spacial score (nSPS) is 46.8. The second kappa shape index (κ2) is 8.87. The van der Waals surface area contributed by atoms with Crippen LogP contribution in [0.25, 0.3) is 0 Å². The minimum atomic E-state index is -1.43. The zero-order valence-electron chi connectivity index (χ0n) is 14.6. The molecule has 2 aliphatic heterocycles. The Kier molecular flexibility index (Phi) is 7.30. The van der Waals surface area contributed by atoms with Gasteiger partial charge in [0.15, 0.2) is 6.29 Å². The van der Waals surface area contributed by atoms with Crippen molar-refractivity contribution >= 4 is 5.91 Å². The Bertz CT molecular complexity index is 480. The Balaban J connectivity index is 2.16. The number of nitrogens with two attached hydrogens (primary N) is 1. The van der Waals surface area contributed by atoms with Gasteiger partial charge >= 0.3 is 0 Å². The molecule has 26 heavy (non-hydrogen) atoms. The molecule has 0 saturated carbocycles. The SMILES string of the molecule is CC(=O)NC1C(C)OC(CO)C(OC2OC(CO)C(O)C(O)C2N)C1O. The van der Waals surface area contributed by atoms with Crippen LogP contribution >= 0.6 is 0 Å². The van der Waals surface area contributed by atoms with Crippen molar-refractivity contribution < 1.29 is 44.5 Å². The highest BCUT2D eigenvalue weighted by Gasteiger charge is 2.49. The molecule has 2 fully saturated rings. The summed E-state index contributed by atoms with van der Waals surface area (Å²) in [6, 6.07) is -1.97. The van der Waals surface area contributed by atoms with Gasteiger partial charge < -0.3 is 50.8 Å². The topological polar surface area (TPSA) is 184 Å². The maximum Gasteiger partial charge on any atom is 0.217 e. The van der Waals surface area contributed by atoms with Gasteiger partial charge in [0.1, 0.15) is 36.6 Å². The Morgan fingerprint density at radius 1 is 1.08 bits per heavy atom. The highest BCUT2D eigenvalue weighted by atomic mass is 16.7. The average molecular weight is 380 g/mol. The van der Waals surface area contributed by atoms with E-state index in [4.69, 9.17) is 19.9 Å². The lowest BCUT2D eigenvalue weighted by Crippen LogP contribution is -2.67. The summed E-state index contributed by atoms with van der Waals surface area (Å²) >= 11 is 0. The van der Waals surface area contributed by atoms with E-state index in [0.29, 0.717) is 0 Å². The van der Waals surface area contributed by atoms with Crippen molar-refractivity contribution in [3.05, 3.63) is 0 Å². The molecule has 2 aliphatic rings. The third-order valence-corrected chi connectivity index (χ3v) is 4.74. The fraction of sp³-hybridized carbons (Fsp3) is 0.933. The van der Waals surface area contributed by atoms with Gasteiger partial charge in [0.2, 0.25) is 5.91 Å². The van der Waals surface area contributed by atoms with E-state index in [9.17, 15) is 30.3 Å². The molecule has 10 atom stereocenters. The maximum absolute atomic E-state index is 11.4. The first-order valence-corrected chi connectivity index (χ1v) is 8.46. The van der Waals surface area contributed by atoms with Gasteiger partial charge in [-0.25, -0.2) is 0 Å². The van der Waals surface area contributed by atoms with E-state index < -0.39 is 74.3 Å². The molecule has 152 valence electrons. The Morgan fingerprint density at radius 2 is 1.69 bits per heavy atom. The lowest BCUT2D eigenvalue weighted by atomic mass is 9.92. The van der Waals surface area contributed by atoms with Gasteiger partial charge in [-0.1, -0.05) is 0 Å². The molecular weight excluding hydrogens is 352 g/mol. The third-order valence-electron chi connectivity index (χ3n) is 4.74. The molecule has 1 amide bonds. The number of carbonyl (C=O) groups excluding carboxylic acids is 1. The minimum absolute atomic E-state index is 0.379. The van der Waals surface area contributed by atoms with Gasteiger partial charge in [0.05, 0.1) is 31.4 Å². The molecule has 0 bridgehead atoms. The van der Waals surface area contributed by atoms with Crippen LogP contribution in [0.2, 0.25) is 0 Å². The van der Waals surface area contributed by atoms with Gasteiger partial charge in [-0.2, -0.15) is 0 Å². The van der Waals surface area contributed by atoms with Crippen molar-refractivity contribution in [3.8, 4) is 0 Å². The zero-order valence-corrected chi connectivity index (χ0v) is 14.6. The quantitative estimate of drug-likeness (QED) is 0.247. The molecule has 2 rings (SSSR count). The number of hydrogen-bond acceptors (Lipinski definition) is 10. The van der Waals surface area contributed by atoms with Crippen LogP contribution < -0.4 is 11.1 Å². The third kappa shape index (κ3) is 4.32. The first-order valence-electron chi connectivity index (χ1n) is 8.46. The molecule has 0 aromatic heterocycles. The van der Waals surface area contributed by atoms with Crippen LogP contribution in [0.1, 0.15) is 13.8 Å². The van der Waals surface area contributed by atoms with Gasteiger partial charge in [0.25, 0.3) is 0 Å². The van der Waals surface area contributed by atoms with E-state index in [2.05, 4.69) is 5.32 Å². The van der Waals surface area contributed by atoms with Crippen LogP contribution in [-0.2, 0) is 19.0 Å². The molecule has 10 unspecified atom stereocenters. The first-order chi connectivity index (χ1) is 12.2. The first kappa shape index (κ1) is 21.4. The lowest BCUT2D eigenvalue weighted by Gasteiger charge is -2.47. The summed E-state index contributed by atoms with van der Waals surface area (Å²) in [5, 5.41) is 51.8. The minimum Gasteiger partial charge on any atom is -0.394 e. The lowest BCUT2D eigenvalue weighted by molar-refractivity contribution is -0.310. The maximum atomic E-state index is 11.4. The predicted octanol–water partition coefficient (Wildman–Crippen LogP) is -4.22. The summed E-state index contributed by atoms with van der Waals surface area (Å²) in [5.41, 5.74) is 5.83. The van der Waals surface area contributed by atoms with Gasteiger partial charge in [-0.05, 0) is 6.92 Å². The Labute approximate surface area is 150 Å². The van der Waals surface area contributed by atoms with Crippen LogP contribution in [0, 0.1) is 0 Å². The monoisotopic (exact) mass is 380 g/mol. The molecule has 0 aromatic rings. The second-order valence-electron chi connectivity index (χ2n) is 6.66. The summed E-state index contributed by atoms with van der Waals surface area (Å²) in [6.07, 6.45) is -9.16. The van der Waals surface area contributed by atoms with E-state index in [1.807, 2.05) is 0 Å². The number of aliphatic hydroxyl groups excluding tert-OH is 5. The molecule has 0 spiro atoms. The van der Waals surface area contributed by atoms with Gasteiger partial charge in [-0.15, -0.1) is 0 Å². The van der Waals surface area contributed by atoms with E-state index >= 15 is 0 Å². The standard InChI is InChI=1S/C15H28N2O9/c1-5-10(17-6(2)20)13(23)14(8(4-19)24-5)26-15-9(16)12(22)11(21)7(3-18)25-15/h5,7-15,18-19,21-23H,3-4,16H2,1-2H3,(H,17,20).